The van der Waals surface area contributed by atoms with E-state index in [4.69, 9.17) is 5.73 Å². The lowest BCUT2D eigenvalue weighted by Crippen LogP contribution is -2.26. The molecule has 21 heavy (non-hydrogen) atoms. The predicted molar refractivity (Wildman–Crippen MR) is 77.9 cm³/mol. The number of nitrogens with zero attached hydrogens (tertiary/aromatic N) is 4. The third-order valence-electron chi connectivity index (χ3n) is 2.93. The van der Waals surface area contributed by atoms with Crippen molar-refractivity contribution in [1.29, 1.82) is 0 Å². The summed E-state index contributed by atoms with van der Waals surface area (Å²) in [4.78, 5) is 22.2. The van der Waals surface area contributed by atoms with Crippen LogP contribution in [0.4, 0.5) is 17.2 Å². The van der Waals surface area contributed by atoms with Crippen LogP contribution in [0.25, 0.3) is 0 Å². The molecule has 0 spiro atoms. The van der Waals surface area contributed by atoms with Crippen LogP contribution >= 0.6 is 0 Å². The van der Waals surface area contributed by atoms with Gasteiger partial charge in [0, 0.05) is 24.8 Å². The Bertz CT molecular complexity index is 741. The SMILES string of the molecule is Nc1ncccc1C(=O)N(c1ccncc1)c1cn[nH]c1. The number of anilines is 3. The molecule has 0 radical (unpaired) electrons. The molecule has 0 atom stereocenters. The molecule has 3 N–H and O–H groups in total. The summed E-state index contributed by atoms with van der Waals surface area (Å²) < 4.78 is 0. The molecular formula is C14H12N6O. The standard InChI is InChI=1S/C14H12N6O/c15-13-12(2-1-5-17-13)14(21)20(11-8-18-19-9-11)10-3-6-16-7-4-10/h1-9H,(H2,15,17)(H,18,19). The number of carbonyl (C=O) groups is 1. The van der Waals surface area contributed by atoms with Crippen molar-refractivity contribution in [2.75, 3.05) is 10.6 Å². The first-order chi connectivity index (χ1) is 10.3. The molecule has 3 rings (SSSR count). The lowest BCUT2D eigenvalue weighted by atomic mass is 10.2. The van der Waals surface area contributed by atoms with Crippen molar-refractivity contribution in [2.24, 2.45) is 0 Å². The monoisotopic (exact) mass is 280 g/mol. The molecule has 3 aromatic rings. The van der Waals surface area contributed by atoms with Gasteiger partial charge < -0.3 is 5.73 Å². The lowest BCUT2D eigenvalue weighted by molar-refractivity contribution is 0.1000. The maximum absolute atomic E-state index is 12.8. The van der Waals surface area contributed by atoms with Gasteiger partial charge in [-0.25, -0.2) is 4.98 Å². The van der Waals surface area contributed by atoms with Gasteiger partial charge in [0.2, 0.25) is 0 Å². The molecule has 0 aromatic carbocycles. The second-order valence-electron chi connectivity index (χ2n) is 4.24. The van der Waals surface area contributed by atoms with Gasteiger partial charge in [0.05, 0.1) is 23.1 Å². The van der Waals surface area contributed by atoms with Gasteiger partial charge in [-0.15, -0.1) is 0 Å². The average molecular weight is 280 g/mol. The van der Waals surface area contributed by atoms with E-state index < -0.39 is 0 Å². The number of rotatable bonds is 3. The maximum Gasteiger partial charge on any atom is 0.266 e. The van der Waals surface area contributed by atoms with Crippen molar-refractivity contribution in [1.82, 2.24) is 20.2 Å². The summed E-state index contributed by atoms with van der Waals surface area (Å²) in [6.45, 7) is 0. The third-order valence-corrected chi connectivity index (χ3v) is 2.93. The van der Waals surface area contributed by atoms with Crippen LogP contribution < -0.4 is 10.6 Å². The van der Waals surface area contributed by atoms with Crippen molar-refractivity contribution in [3.8, 4) is 0 Å². The van der Waals surface area contributed by atoms with E-state index in [-0.39, 0.29) is 11.7 Å². The van der Waals surface area contributed by atoms with Crippen molar-refractivity contribution >= 4 is 23.1 Å². The Labute approximate surface area is 120 Å². The zero-order valence-electron chi connectivity index (χ0n) is 11.0. The van der Waals surface area contributed by atoms with Gasteiger partial charge in [0.1, 0.15) is 5.82 Å². The average Bonchev–Trinajstić information content (AvgIpc) is 3.03. The number of amides is 1. The van der Waals surface area contributed by atoms with Gasteiger partial charge in [-0.2, -0.15) is 5.10 Å². The van der Waals surface area contributed by atoms with Crippen molar-refractivity contribution in [2.45, 2.75) is 0 Å². The summed E-state index contributed by atoms with van der Waals surface area (Å²) in [5, 5.41) is 6.58. The summed E-state index contributed by atoms with van der Waals surface area (Å²) in [5.41, 5.74) is 7.40. The summed E-state index contributed by atoms with van der Waals surface area (Å²) in [7, 11) is 0. The highest BCUT2D eigenvalue weighted by atomic mass is 16.2. The first-order valence-corrected chi connectivity index (χ1v) is 6.21. The van der Waals surface area contributed by atoms with E-state index in [0.29, 0.717) is 16.9 Å². The topological polar surface area (TPSA) is 101 Å². The molecule has 3 heterocycles. The Balaban J connectivity index is 2.09. The number of hydrogen-bond donors (Lipinski definition) is 2. The number of H-pyrrole nitrogens is 1. The van der Waals surface area contributed by atoms with Crippen LogP contribution in [-0.4, -0.2) is 26.1 Å². The number of pyridine rings is 2. The Morgan fingerprint density at radius 2 is 1.95 bits per heavy atom. The molecule has 0 unspecified atom stereocenters. The van der Waals surface area contributed by atoms with Crippen LogP contribution in [0.5, 0.6) is 0 Å². The third kappa shape index (κ3) is 2.44. The van der Waals surface area contributed by atoms with E-state index in [1.807, 2.05) is 0 Å². The fourth-order valence-electron chi connectivity index (χ4n) is 1.96. The van der Waals surface area contributed by atoms with E-state index in [1.54, 1.807) is 55.2 Å². The second-order valence-corrected chi connectivity index (χ2v) is 4.24. The lowest BCUT2D eigenvalue weighted by Gasteiger charge is -2.21. The minimum Gasteiger partial charge on any atom is -0.383 e. The second kappa shape index (κ2) is 5.41. The summed E-state index contributed by atoms with van der Waals surface area (Å²) in [6.07, 6.45) is 7.96. The van der Waals surface area contributed by atoms with Gasteiger partial charge in [-0.1, -0.05) is 0 Å². The Morgan fingerprint density at radius 1 is 1.14 bits per heavy atom. The van der Waals surface area contributed by atoms with Crippen molar-refractivity contribution in [3.63, 3.8) is 0 Å². The molecule has 0 aliphatic heterocycles. The van der Waals surface area contributed by atoms with Gasteiger partial charge >= 0.3 is 0 Å². The fourth-order valence-corrected chi connectivity index (χ4v) is 1.96. The highest BCUT2D eigenvalue weighted by molar-refractivity contribution is 6.12. The molecule has 0 bridgehead atoms. The summed E-state index contributed by atoms with van der Waals surface area (Å²) >= 11 is 0. The van der Waals surface area contributed by atoms with Crippen LogP contribution in [-0.2, 0) is 0 Å². The molecule has 0 saturated heterocycles. The van der Waals surface area contributed by atoms with Crippen LogP contribution in [0.3, 0.4) is 0 Å². The van der Waals surface area contributed by atoms with Gasteiger partial charge in [0.25, 0.3) is 5.91 Å². The number of aromatic nitrogens is 4. The van der Waals surface area contributed by atoms with E-state index in [0.717, 1.165) is 0 Å². The van der Waals surface area contributed by atoms with Gasteiger partial charge in [0.15, 0.2) is 0 Å². The normalized spacial score (nSPS) is 10.3. The van der Waals surface area contributed by atoms with Crippen LogP contribution in [0, 0.1) is 0 Å². The molecule has 104 valence electrons. The Hall–Kier alpha value is -3.22. The molecule has 0 saturated carbocycles. The van der Waals surface area contributed by atoms with Gasteiger partial charge in [-0.3, -0.25) is 19.8 Å². The molecule has 0 aliphatic carbocycles. The predicted octanol–water partition coefficient (Wildman–Crippen LogP) is 1.76. The number of carbonyl (C=O) groups excluding carboxylic acids is 1. The quantitative estimate of drug-likeness (QED) is 0.761. The number of nitrogen functional groups attached to an aromatic ring is 1. The maximum atomic E-state index is 12.8. The van der Waals surface area contributed by atoms with Crippen LogP contribution in [0.1, 0.15) is 10.4 Å². The largest absolute Gasteiger partial charge is 0.383 e. The summed E-state index contributed by atoms with van der Waals surface area (Å²) in [6, 6.07) is 6.78. The molecule has 1 amide bonds. The Morgan fingerprint density at radius 3 is 2.62 bits per heavy atom. The van der Waals surface area contributed by atoms with E-state index in [9.17, 15) is 4.79 Å². The minimum absolute atomic E-state index is 0.185. The minimum atomic E-state index is -0.284. The zero-order valence-corrected chi connectivity index (χ0v) is 11.0. The van der Waals surface area contributed by atoms with E-state index >= 15 is 0 Å². The molecule has 3 aromatic heterocycles. The number of nitrogens with one attached hydrogen (secondary N) is 1. The molecule has 0 aliphatic rings. The molecule has 0 fully saturated rings. The highest BCUT2D eigenvalue weighted by Crippen LogP contribution is 2.26. The molecular weight excluding hydrogens is 268 g/mol. The van der Waals surface area contributed by atoms with Crippen molar-refractivity contribution < 1.29 is 4.79 Å². The molecule has 7 heteroatoms. The number of aromatic amines is 1. The first-order valence-electron chi connectivity index (χ1n) is 6.21. The first kappa shape index (κ1) is 12.8. The van der Waals surface area contributed by atoms with E-state index in [1.165, 1.54) is 4.90 Å². The van der Waals surface area contributed by atoms with Crippen LogP contribution in [0.15, 0.2) is 55.2 Å². The fraction of sp³-hybridized carbons (Fsp3) is 0. The number of hydrogen-bond acceptors (Lipinski definition) is 5. The number of nitrogens with two attached hydrogens (primary N) is 1. The summed E-state index contributed by atoms with van der Waals surface area (Å²) in [5.74, 6) is -0.0988. The zero-order chi connectivity index (χ0) is 14.7. The molecule has 7 nitrogen and oxygen atoms in total. The highest BCUT2D eigenvalue weighted by Gasteiger charge is 2.22. The smallest absolute Gasteiger partial charge is 0.266 e. The Kier molecular flexibility index (Phi) is 3.30. The van der Waals surface area contributed by atoms with E-state index in [2.05, 4.69) is 20.2 Å². The van der Waals surface area contributed by atoms with Crippen molar-refractivity contribution in [3.05, 3.63) is 60.8 Å². The van der Waals surface area contributed by atoms with Crippen LogP contribution in [0.2, 0.25) is 0 Å². The van der Waals surface area contributed by atoms with Gasteiger partial charge in [-0.05, 0) is 24.3 Å².